The largest absolute Gasteiger partial charge is 0.291 e. The third kappa shape index (κ3) is 3.64. The van der Waals surface area contributed by atoms with Crippen molar-refractivity contribution >= 4 is 34.6 Å². The van der Waals surface area contributed by atoms with Gasteiger partial charge in [0, 0.05) is 18.0 Å². The topological polar surface area (TPSA) is 83.0 Å². The Hall–Kier alpha value is -2.51. The van der Waals surface area contributed by atoms with E-state index < -0.39 is 0 Å². The number of aromatic amines is 1. The van der Waals surface area contributed by atoms with Crippen molar-refractivity contribution in [2.45, 2.75) is 6.92 Å². The van der Waals surface area contributed by atoms with Gasteiger partial charge in [-0.15, -0.1) is 11.3 Å². The van der Waals surface area contributed by atoms with Gasteiger partial charge in [-0.05, 0) is 37.3 Å². The van der Waals surface area contributed by atoms with Gasteiger partial charge in [-0.25, -0.2) is 5.43 Å². The van der Waals surface area contributed by atoms with Gasteiger partial charge in [0.1, 0.15) is 0 Å². The van der Waals surface area contributed by atoms with Gasteiger partial charge in [-0.2, -0.15) is 10.2 Å². The summed E-state index contributed by atoms with van der Waals surface area (Å²) in [6.45, 7) is 1.80. The van der Waals surface area contributed by atoms with Crippen LogP contribution in [-0.2, 0) is 0 Å². The van der Waals surface area contributed by atoms with Gasteiger partial charge in [-0.1, -0.05) is 11.6 Å². The first-order chi connectivity index (χ1) is 11.1. The molecule has 0 bridgehead atoms. The number of thiophene rings is 1. The number of carbonyl (C=O) groups is 1. The second kappa shape index (κ2) is 6.72. The number of hydrogen-bond acceptors (Lipinski definition) is 5. The zero-order chi connectivity index (χ0) is 16.2. The first-order valence-corrected chi connectivity index (χ1v) is 7.89. The molecule has 1 amide bonds. The number of amides is 1. The van der Waals surface area contributed by atoms with Crippen molar-refractivity contribution in [2.75, 3.05) is 0 Å². The second-order valence-corrected chi connectivity index (χ2v) is 6.36. The van der Waals surface area contributed by atoms with Crippen LogP contribution in [0.5, 0.6) is 0 Å². The third-order valence-corrected chi connectivity index (χ3v) is 4.34. The van der Waals surface area contributed by atoms with Gasteiger partial charge >= 0.3 is 0 Å². The average molecular weight is 346 g/mol. The third-order valence-electron chi connectivity index (χ3n) is 3.07. The predicted molar refractivity (Wildman–Crippen MR) is 90.8 cm³/mol. The van der Waals surface area contributed by atoms with Crippen molar-refractivity contribution in [1.29, 1.82) is 0 Å². The molecule has 8 heteroatoms. The molecule has 0 aliphatic heterocycles. The summed E-state index contributed by atoms with van der Waals surface area (Å²) in [6, 6.07) is 8.96. The fourth-order valence-electron chi connectivity index (χ4n) is 1.87. The van der Waals surface area contributed by atoms with Crippen molar-refractivity contribution in [2.24, 2.45) is 5.10 Å². The van der Waals surface area contributed by atoms with Crippen molar-refractivity contribution in [3.8, 4) is 10.6 Å². The highest BCUT2D eigenvalue weighted by Gasteiger charge is 2.12. The molecule has 0 atom stereocenters. The molecule has 23 heavy (non-hydrogen) atoms. The molecule has 0 radical (unpaired) electrons. The Morgan fingerprint density at radius 1 is 1.30 bits per heavy atom. The number of pyridine rings is 1. The Morgan fingerprint density at radius 3 is 2.78 bits per heavy atom. The summed E-state index contributed by atoms with van der Waals surface area (Å²) >= 11 is 7.32. The van der Waals surface area contributed by atoms with E-state index in [1.165, 1.54) is 11.3 Å². The molecule has 0 aromatic carbocycles. The summed E-state index contributed by atoms with van der Waals surface area (Å²) in [5.74, 6) is -0.386. The summed E-state index contributed by atoms with van der Waals surface area (Å²) < 4.78 is 0.679. The Kier molecular flexibility index (Phi) is 4.50. The zero-order valence-corrected chi connectivity index (χ0v) is 13.6. The lowest BCUT2D eigenvalue weighted by atomic mass is 10.2. The van der Waals surface area contributed by atoms with E-state index in [1.54, 1.807) is 31.5 Å². The summed E-state index contributed by atoms with van der Waals surface area (Å²) in [5, 5.41) is 10.9. The molecule has 0 fully saturated rings. The highest BCUT2D eigenvalue weighted by atomic mass is 35.5. The molecule has 6 nitrogen and oxygen atoms in total. The predicted octanol–water partition coefficient (Wildman–Crippen LogP) is 3.34. The molecule has 3 aromatic heterocycles. The minimum absolute atomic E-state index is 0.260. The minimum Gasteiger partial charge on any atom is -0.276 e. The molecule has 3 rings (SSSR count). The normalized spacial score (nSPS) is 11.5. The molecule has 0 aliphatic rings. The summed E-state index contributed by atoms with van der Waals surface area (Å²) in [7, 11) is 0. The van der Waals surface area contributed by atoms with Crippen LogP contribution in [0.15, 0.2) is 47.8 Å². The van der Waals surface area contributed by atoms with E-state index in [0.717, 1.165) is 16.1 Å². The zero-order valence-electron chi connectivity index (χ0n) is 12.1. The van der Waals surface area contributed by atoms with E-state index in [1.807, 2.05) is 18.2 Å². The molecule has 0 saturated heterocycles. The molecule has 3 heterocycles. The standard InChI is InChI=1S/C15H12ClN5OS/c1-9(10-4-6-17-7-5-10)18-21-15(22)12-8-11(19-20-12)13-2-3-14(16)23-13/h2-8H,1H3,(H,19,20)(H,21,22)/b18-9-. The maximum atomic E-state index is 12.1. The monoisotopic (exact) mass is 345 g/mol. The summed E-state index contributed by atoms with van der Waals surface area (Å²) in [6.07, 6.45) is 3.34. The van der Waals surface area contributed by atoms with Crippen LogP contribution < -0.4 is 5.43 Å². The van der Waals surface area contributed by atoms with Gasteiger partial charge in [0.25, 0.3) is 5.91 Å². The quantitative estimate of drug-likeness (QED) is 0.562. The molecule has 116 valence electrons. The highest BCUT2D eigenvalue weighted by molar-refractivity contribution is 7.19. The summed E-state index contributed by atoms with van der Waals surface area (Å²) in [5.41, 5.74) is 5.06. The van der Waals surface area contributed by atoms with Crippen LogP contribution in [0.1, 0.15) is 23.0 Å². The summed E-state index contributed by atoms with van der Waals surface area (Å²) in [4.78, 5) is 16.9. The Labute approximate surface area is 141 Å². The molecule has 0 aliphatic carbocycles. The number of carbonyl (C=O) groups excluding carboxylic acids is 1. The SMILES string of the molecule is C/C(=N/NC(=O)c1cc(-c2ccc(Cl)s2)[nH]n1)c1ccncc1. The Balaban J connectivity index is 1.71. The van der Waals surface area contributed by atoms with Crippen LogP contribution in [0, 0.1) is 0 Å². The van der Waals surface area contributed by atoms with E-state index in [9.17, 15) is 4.79 Å². The van der Waals surface area contributed by atoms with Gasteiger partial charge < -0.3 is 0 Å². The maximum absolute atomic E-state index is 12.1. The molecule has 0 spiro atoms. The van der Waals surface area contributed by atoms with Crippen LogP contribution >= 0.6 is 22.9 Å². The lowest BCUT2D eigenvalue weighted by Gasteiger charge is -2.00. The molecule has 0 unspecified atom stereocenters. The lowest BCUT2D eigenvalue weighted by Crippen LogP contribution is -2.19. The number of H-pyrrole nitrogens is 1. The number of nitrogens with zero attached hydrogens (tertiary/aromatic N) is 3. The van der Waals surface area contributed by atoms with E-state index in [-0.39, 0.29) is 11.6 Å². The maximum Gasteiger partial charge on any atom is 0.291 e. The molecular weight excluding hydrogens is 334 g/mol. The van der Waals surface area contributed by atoms with E-state index in [0.29, 0.717) is 10.0 Å². The fraction of sp³-hybridized carbons (Fsp3) is 0.0667. The number of hydrogen-bond donors (Lipinski definition) is 2. The van der Waals surface area contributed by atoms with Crippen LogP contribution in [0.2, 0.25) is 4.34 Å². The fourth-order valence-corrected chi connectivity index (χ4v) is 2.88. The first-order valence-electron chi connectivity index (χ1n) is 6.69. The van der Waals surface area contributed by atoms with E-state index in [2.05, 4.69) is 25.7 Å². The number of aromatic nitrogens is 3. The van der Waals surface area contributed by atoms with Crippen molar-refractivity contribution in [1.82, 2.24) is 20.6 Å². The van der Waals surface area contributed by atoms with Crippen molar-refractivity contribution < 1.29 is 4.79 Å². The first kappa shape index (κ1) is 15.4. The van der Waals surface area contributed by atoms with Crippen molar-refractivity contribution in [3.05, 3.63) is 58.3 Å². The molecule has 0 saturated carbocycles. The van der Waals surface area contributed by atoms with Crippen LogP contribution in [0.25, 0.3) is 10.6 Å². The number of halogens is 1. The molecular formula is C15H12ClN5OS. The number of hydrazone groups is 1. The van der Waals surface area contributed by atoms with Crippen LogP contribution in [0.3, 0.4) is 0 Å². The number of rotatable bonds is 4. The average Bonchev–Trinajstić information content (AvgIpc) is 3.22. The van der Waals surface area contributed by atoms with Gasteiger partial charge in [-0.3, -0.25) is 14.9 Å². The second-order valence-electron chi connectivity index (χ2n) is 4.64. The van der Waals surface area contributed by atoms with Gasteiger partial charge in [0.2, 0.25) is 0 Å². The van der Waals surface area contributed by atoms with E-state index in [4.69, 9.17) is 11.6 Å². The number of nitrogens with one attached hydrogen (secondary N) is 2. The molecule has 3 aromatic rings. The van der Waals surface area contributed by atoms with Crippen molar-refractivity contribution in [3.63, 3.8) is 0 Å². The Morgan fingerprint density at radius 2 is 2.09 bits per heavy atom. The minimum atomic E-state index is -0.386. The smallest absolute Gasteiger partial charge is 0.276 e. The van der Waals surface area contributed by atoms with Crippen LogP contribution in [0.4, 0.5) is 0 Å². The molecule has 2 N–H and O–H groups in total. The van der Waals surface area contributed by atoms with E-state index >= 15 is 0 Å². The Bertz CT molecular complexity index is 856. The highest BCUT2D eigenvalue weighted by Crippen LogP contribution is 2.29. The van der Waals surface area contributed by atoms with Crippen LogP contribution in [-0.4, -0.2) is 26.8 Å². The van der Waals surface area contributed by atoms with Gasteiger partial charge in [0.05, 0.1) is 20.6 Å². The lowest BCUT2D eigenvalue weighted by molar-refractivity contribution is 0.0950. The van der Waals surface area contributed by atoms with Gasteiger partial charge in [0.15, 0.2) is 5.69 Å².